The smallest absolute Gasteiger partial charge is 0.0335 e. The van der Waals surface area contributed by atoms with Gasteiger partial charge in [0.25, 0.3) is 0 Å². The zero-order chi connectivity index (χ0) is 13.9. The van der Waals surface area contributed by atoms with Crippen LogP contribution in [0.3, 0.4) is 0 Å². The minimum absolute atomic E-state index is 0.0519. The molecule has 1 nitrogen and oxygen atoms in total. The summed E-state index contributed by atoms with van der Waals surface area (Å²) in [5.41, 5.74) is 10.1. The van der Waals surface area contributed by atoms with Crippen LogP contribution in [0.25, 0.3) is 10.8 Å². The third kappa shape index (κ3) is 2.73. The Kier molecular flexibility index (Phi) is 3.53. The molecule has 0 amide bonds. The van der Waals surface area contributed by atoms with Gasteiger partial charge in [-0.25, -0.2) is 0 Å². The number of fused-ring (bicyclic) bond motifs is 1. The van der Waals surface area contributed by atoms with Crippen LogP contribution in [-0.2, 0) is 6.42 Å². The first-order valence-electron chi connectivity index (χ1n) is 7.02. The summed E-state index contributed by atoms with van der Waals surface area (Å²) >= 11 is 0. The molecule has 1 unspecified atom stereocenters. The van der Waals surface area contributed by atoms with Gasteiger partial charge in [0.15, 0.2) is 0 Å². The summed E-state index contributed by atoms with van der Waals surface area (Å²) in [6.45, 7) is 2.10. The van der Waals surface area contributed by atoms with Crippen LogP contribution in [-0.4, -0.2) is 0 Å². The first kappa shape index (κ1) is 12.9. The minimum atomic E-state index is 0.0519. The predicted octanol–water partition coefficient (Wildman–Crippen LogP) is 4.39. The van der Waals surface area contributed by atoms with Crippen molar-refractivity contribution in [1.29, 1.82) is 0 Å². The highest BCUT2D eigenvalue weighted by molar-refractivity contribution is 5.83. The SMILES string of the molecule is Cc1cccc(C(N)Cc2ccc3ccccc3c2)c1. The lowest BCUT2D eigenvalue weighted by molar-refractivity contribution is 0.722. The molecule has 0 saturated carbocycles. The fourth-order valence-electron chi connectivity index (χ4n) is 2.64. The predicted molar refractivity (Wildman–Crippen MR) is 85.8 cm³/mol. The summed E-state index contributed by atoms with van der Waals surface area (Å²) in [4.78, 5) is 0. The van der Waals surface area contributed by atoms with E-state index < -0.39 is 0 Å². The molecule has 0 aromatic heterocycles. The first-order chi connectivity index (χ1) is 9.72. The Hall–Kier alpha value is -2.12. The number of aryl methyl sites for hydroxylation is 1. The van der Waals surface area contributed by atoms with Crippen molar-refractivity contribution in [2.45, 2.75) is 19.4 Å². The molecule has 100 valence electrons. The third-order valence-electron chi connectivity index (χ3n) is 3.74. The Morgan fingerprint density at radius 1 is 0.850 bits per heavy atom. The number of benzene rings is 3. The van der Waals surface area contributed by atoms with Gasteiger partial charge in [-0.2, -0.15) is 0 Å². The van der Waals surface area contributed by atoms with Crippen molar-refractivity contribution in [1.82, 2.24) is 0 Å². The summed E-state index contributed by atoms with van der Waals surface area (Å²) in [5, 5.41) is 2.56. The van der Waals surface area contributed by atoms with E-state index in [0.717, 1.165) is 6.42 Å². The van der Waals surface area contributed by atoms with Crippen LogP contribution in [0.15, 0.2) is 66.7 Å². The molecule has 20 heavy (non-hydrogen) atoms. The number of rotatable bonds is 3. The molecule has 3 aromatic rings. The molecule has 0 spiro atoms. The van der Waals surface area contributed by atoms with Crippen LogP contribution in [0, 0.1) is 6.92 Å². The van der Waals surface area contributed by atoms with Crippen molar-refractivity contribution in [2.24, 2.45) is 5.73 Å². The van der Waals surface area contributed by atoms with Crippen LogP contribution < -0.4 is 5.73 Å². The Morgan fingerprint density at radius 3 is 2.45 bits per heavy atom. The Balaban J connectivity index is 1.85. The number of nitrogens with two attached hydrogens (primary N) is 1. The summed E-state index contributed by atoms with van der Waals surface area (Å²) < 4.78 is 0. The maximum atomic E-state index is 6.34. The minimum Gasteiger partial charge on any atom is -0.324 e. The topological polar surface area (TPSA) is 26.0 Å². The molecular weight excluding hydrogens is 242 g/mol. The molecule has 0 saturated heterocycles. The van der Waals surface area contributed by atoms with Gasteiger partial charge in [0.1, 0.15) is 0 Å². The van der Waals surface area contributed by atoms with Crippen molar-refractivity contribution in [3.05, 3.63) is 83.4 Å². The highest BCUT2D eigenvalue weighted by Gasteiger charge is 2.07. The molecule has 1 atom stereocenters. The monoisotopic (exact) mass is 261 g/mol. The second-order valence-corrected chi connectivity index (χ2v) is 5.41. The molecular formula is C19H19N. The average molecular weight is 261 g/mol. The quantitative estimate of drug-likeness (QED) is 0.743. The van der Waals surface area contributed by atoms with Gasteiger partial charge in [-0.1, -0.05) is 72.3 Å². The van der Waals surface area contributed by atoms with E-state index in [-0.39, 0.29) is 6.04 Å². The number of hydrogen-bond donors (Lipinski definition) is 1. The summed E-state index contributed by atoms with van der Waals surface area (Å²) in [6.07, 6.45) is 0.869. The van der Waals surface area contributed by atoms with Crippen LogP contribution >= 0.6 is 0 Å². The molecule has 0 fully saturated rings. The van der Waals surface area contributed by atoms with Crippen molar-refractivity contribution in [2.75, 3.05) is 0 Å². The Morgan fingerprint density at radius 2 is 1.65 bits per heavy atom. The second kappa shape index (κ2) is 5.48. The van der Waals surface area contributed by atoms with Crippen molar-refractivity contribution >= 4 is 10.8 Å². The van der Waals surface area contributed by atoms with Crippen LogP contribution in [0.4, 0.5) is 0 Å². The van der Waals surface area contributed by atoms with Gasteiger partial charge in [0, 0.05) is 6.04 Å². The molecule has 0 aliphatic carbocycles. The van der Waals surface area contributed by atoms with E-state index in [1.807, 2.05) is 0 Å². The molecule has 0 bridgehead atoms. The van der Waals surface area contributed by atoms with Gasteiger partial charge < -0.3 is 5.73 Å². The highest BCUT2D eigenvalue weighted by atomic mass is 14.6. The van der Waals surface area contributed by atoms with E-state index in [1.165, 1.54) is 27.5 Å². The normalized spacial score (nSPS) is 12.5. The molecule has 3 rings (SSSR count). The molecule has 0 radical (unpaired) electrons. The molecule has 0 aliphatic rings. The van der Waals surface area contributed by atoms with Crippen molar-refractivity contribution in [3.8, 4) is 0 Å². The molecule has 0 aliphatic heterocycles. The van der Waals surface area contributed by atoms with E-state index in [2.05, 4.69) is 73.7 Å². The zero-order valence-electron chi connectivity index (χ0n) is 11.7. The molecule has 3 aromatic carbocycles. The fourth-order valence-corrected chi connectivity index (χ4v) is 2.64. The lowest BCUT2D eigenvalue weighted by atomic mass is 9.97. The van der Waals surface area contributed by atoms with E-state index in [0.29, 0.717) is 0 Å². The van der Waals surface area contributed by atoms with Gasteiger partial charge >= 0.3 is 0 Å². The average Bonchev–Trinajstić information content (AvgIpc) is 2.47. The van der Waals surface area contributed by atoms with Crippen LogP contribution in [0.5, 0.6) is 0 Å². The summed E-state index contributed by atoms with van der Waals surface area (Å²) in [6, 6.07) is 23.5. The van der Waals surface area contributed by atoms with Crippen LogP contribution in [0.1, 0.15) is 22.7 Å². The van der Waals surface area contributed by atoms with E-state index >= 15 is 0 Å². The lowest BCUT2D eigenvalue weighted by Crippen LogP contribution is -2.13. The maximum absolute atomic E-state index is 6.34. The Bertz CT molecular complexity index is 730. The van der Waals surface area contributed by atoms with Crippen molar-refractivity contribution in [3.63, 3.8) is 0 Å². The summed E-state index contributed by atoms with van der Waals surface area (Å²) in [5.74, 6) is 0. The Labute approximate surface area is 120 Å². The largest absolute Gasteiger partial charge is 0.324 e. The number of hydrogen-bond acceptors (Lipinski definition) is 1. The molecule has 0 heterocycles. The second-order valence-electron chi connectivity index (χ2n) is 5.41. The zero-order valence-corrected chi connectivity index (χ0v) is 11.7. The summed E-state index contributed by atoms with van der Waals surface area (Å²) in [7, 11) is 0. The van der Waals surface area contributed by atoms with E-state index in [9.17, 15) is 0 Å². The van der Waals surface area contributed by atoms with Gasteiger partial charge in [0.2, 0.25) is 0 Å². The van der Waals surface area contributed by atoms with Gasteiger partial charge in [-0.15, -0.1) is 0 Å². The lowest BCUT2D eigenvalue weighted by Gasteiger charge is -2.13. The third-order valence-corrected chi connectivity index (χ3v) is 3.74. The van der Waals surface area contributed by atoms with E-state index in [1.54, 1.807) is 0 Å². The molecule has 2 N–H and O–H groups in total. The van der Waals surface area contributed by atoms with Crippen LogP contribution in [0.2, 0.25) is 0 Å². The molecule has 1 heteroatoms. The maximum Gasteiger partial charge on any atom is 0.0335 e. The highest BCUT2D eigenvalue weighted by Crippen LogP contribution is 2.21. The van der Waals surface area contributed by atoms with Gasteiger partial charge in [0.05, 0.1) is 0 Å². The van der Waals surface area contributed by atoms with Gasteiger partial charge in [-0.3, -0.25) is 0 Å². The van der Waals surface area contributed by atoms with Gasteiger partial charge in [-0.05, 0) is 35.2 Å². The van der Waals surface area contributed by atoms with E-state index in [4.69, 9.17) is 5.73 Å². The first-order valence-corrected chi connectivity index (χ1v) is 7.02. The fraction of sp³-hybridized carbons (Fsp3) is 0.158. The van der Waals surface area contributed by atoms with Crippen molar-refractivity contribution < 1.29 is 0 Å². The standard InChI is InChI=1S/C19H19N/c1-14-5-4-8-18(11-14)19(20)13-15-9-10-16-6-2-3-7-17(16)12-15/h2-12,19H,13,20H2,1H3.